The number of aryl methyl sites for hydroxylation is 1. The average Bonchev–Trinajstić information content (AvgIpc) is 3.51. The minimum atomic E-state index is -0.541. The zero-order chi connectivity index (χ0) is 26.5. The molecule has 1 aromatic heterocycles. The third kappa shape index (κ3) is 6.12. The fraction of sp³-hybridized carbons (Fsp3) is 0.429. The van der Waals surface area contributed by atoms with Gasteiger partial charge in [-0.25, -0.2) is 9.37 Å². The van der Waals surface area contributed by atoms with Crippen LogP contribution in [-0.2, 0) is 16.0 Å². The first-order chi connectivity index (χ1) is 18.5. The molecule has 5 rings (SSSR count). The standard InChI is InChI=1S/C28H31FN4O4S/c29-18-9-12-23-21(15-18)28(36)31-17-20-11-10-19(16-25(34)30-13-14-37-23)33(20)27(35)8-4-3-7-26-32-22-5-1-2-6-24(22)38-26/h1-2,5-6,9,12,15,19-20H,3-4,7-8,10-11,13-14,16-17H2,(H,30,34)(H,31,36)/t19-,20+/m0/s1. The monoisotopic (exact) mass is 538 g/mol. The lowest BCUT2D eigenvalue weighted by Gasteiger charge is -2.31. The van der Waals surface area contributed by atoms with Crippen molar-refractivity contribution in [3.05, 3.63) is 58.9 Å². The second kappa shape index (κ2) is 11.9. The van der Waals surface area contributed by atoms with Crippen LogP contribution >= 0.6 is 11.3 Å². The lowest BCUT2D eigenvalue weighted by atomic mass is 10.1. The summed E-state index contributed by atoms with van der Waals surface area (Å²) in [6, 6.07) is 11.4. The van der Waals surface area contributed by atoms with Gasteiger partial charge < -0.3 is 20.3 Å². The molecular formula is C28H31FN4O4S. The fourth-order valence-corrected chi connectivity index (χ4v) is 6.24. The largest absolute Gasteiger partial charge is 0.491 e. The van der Waals surface area contributed by atoms with Crippen LogP contribution in [0.25, 0.3) is 10.2 Å². The molecule has 2 aliphatic heterocycles. The van der Waals surface area contributed by atoms with Crippen molar-refractivity contribution in [3.8, 4) is 5.75 Å². The van der Waals surface area contributed by atoms with E-state index in [0.717, 1.165) is 29.4 Å². The van der Waals surface area contributed by atoms with Crippen LogP contribution in [0.1, 0.15) is 53.9 Å². The predicted molar refractivity (Wildman–Crippen MR) is 143 cm³/mol. The van der Waals surface area contributed by atoms with E-state index in [1.54, 1.807) is 16.2 Å². The Labute approximate surface area is 224 Å². The number of hydrogen-bond acceptors (Lipinski definition) is 6. The maximum Gasteiger partial charge on any atom is 0.255 e. The highest BCUT2D eigenvalue weighted by molar-refractivity contribution is 7.18. The molecule has 3 heterocycles. The van der Waals surface area contributed by atoms with Gasteiger partial charge in [0.2, 0.25) is 11.8 Å². The Morgan fingerprint density at radius 2 is 1.95 bits per heavy atom. The minimum Gasteiger partial charge on any atom is -0.491 e. The summed E-state index contributed by atoms with van der Waals surface area (Å²) < 4.78 is 20.7. The number of aromatic nitrogens is 1. The molecule has 3 aromatic rings. The van der Waals surface area contributed by atoms with Crippen LogP contribution in [0.2, 0.25) is 0 Å². The van der Waals surface area contributed by atoms with Crippen LogP contribution in [0.5, 0.6) is 5.75 Å². The molecule has 2 bridgehead atoms. The van der Waals surface area contributed by atoms with Gasteiger partial charge in [-0.15, -0.1) is 11.3 Å². The van der Waals surface area contributed by atoms with Gasteiger partial charge in [0.05, 0.1) is 27.3 Å². The number of para-hydroxylation sites is 1. The van der Waals surface area contributed by atoms with Crippen LogP contribution < -0.4 is 15.4 Å². The number of carbonyl (C=O) groups excluding carboxylic acids is 3. The second-order valence-electron chi connectivity index (χ2n) is 9.72. The van der Waals surface area contributed by atoms with Crippen molar-refractivity contribution >= 4 is 39.3 Å². The molecule has 1 fully saturated rings. The number of rotatable bonds is 5. The summed E-state index contributed by atoms with van der Waals surface area (Å²) in [7, 11) is 0. The average molecular weight is 539 g/mol. The Morgan fingerprint density at radius 3 is 2.82 bits per heavy atom. The molecule has 2 N–H and O–H groups in total. The summed E-state index contributed by atoms with van der Waals surface area (Å²) in [5.41, 5.74) is 1.10. The van der Waals surface area contributed by atoms with Gasteiger partial charge in [0.1, 0.15) is 18.2 Å². The number of thiazole rings is 1. The van der Waals surface area contributed by atoms with Crippen molar-refractivity contribution in [2.75, 3.05) is 19.7 Å². The maximum atomic E-state index is 13.9. The zero-order valence-electron chi connectivity index (χ0n) is 21.1. The molecule has 8 nitrogen and oxygen atoms in total. The topological polar surface area (TPSA) is 101 Å². The summed E-state index contributed by atoms with van der Waals surface area (Å²) in [5.74, 6) is -0.896. The summed E-state index contributed by atoms with van der Waals surface area (Å²) in [4.78, 5) is 45.4. The number of hydrogen-bond donors (Lipinski definition) is 2. The number of amides is 3. The van der Waals surface area contributed by atoms with Crippen LogP contribution in [0.4, 0.5) is 4.39 Å². The van der Waals surface area contributed by atoms with Gasteiger partial charge in [-0.1, -0.05) is 12.1 Å². The van der Waals surface area contributed by atoms with Crippen molar-refractivity contribution in [2.45, 2.75) is 57.0 Å². The first-order valence-electron chi connectivity index (χ1n) is 13.1. The number of nitrogens with zero attached hydrogens (tertiary/aromatic N) is 2. The molecule has 200 valence electrons. The van der Waals surface area contributed by atoms with E-state index in [1.807, 2.05) is 18.2 Å². The fourth-order valence-electron chi connectivity index (χ4n) is 5.23. The highest BCUT2D eigenvalue weighted by Crippen LogP contribution is 2.29. The van der Waals surface area contributed by atoms with Crippen molar-refractivity contribution < 1.29 is 23.5 Å². The van der Waals surface area contributed by atoms with Crippen LogP contribution in [0, 0.1) is 5.82 Å². The number of halogens is 1. The number of fused-ring (bicyclic) bond motifs is 4. The molecule has 2 aromatic carbocycles. The van der Waals surface area contributed by atoms with Gasteiger partial charge in [-0.3, -0.25) is 14.4 Å². The van der Waals surface area contributed by atoms with E-state index >= 15 is 0 Å². The highest BCUT2D eigenvalue weighted by atomic mass is 32.1. The summed E-state index contributed by atoms with van der Waals surface area (Å²) in [6.45, 7) is 0.611. The summed E-state index contributed by atoms with van der Waals surface area (Å²) >= 11 is 1.68. The van der Waals surface area contributed by atoms with Gasteiger partial charge in [0.15, 0.2) is 0 Å². The van der Waals surface area contributed by atoms with Gasteiger partial charge in [-0.05, 0) is 62.4 Å². The van der Waals surface area contributed by atoms with E-state index in [9.17, 15) is 18.8 Å². The minimum absolute atomic E-state index is 0.00859. The molecule has 2 aliphatic rings. The second-order valence-corrected chi connectivity index (χ2v) is 10.8. The Kier molecular flexibility index (Phi) is 8.17. The van der Waals surface area contributed by atoms with E-state index in [-0.39, 0.29) is 61.3 Å². The van der Waals surface area contributed by atoms with Gasteiger partial charge in [-0.2, -0.15) is 0 Å². The molecule has 0 spiro atoms. The summed E-state index contributed by atoms with van der Waals surface area (Å²) in [5, 5.41) is 6.76. The van der Waals surface area contributed by atoms with Crippen LogP contribution in [0.15, 0.2) is 42.5 Å². The van der Waals surface area contributed by atoms with Crippen LogP contribution in [0.3, 0.4) is 0 Å². The highest BCUT2D eigenvalue weighted by Gasteiger charge is 2.37. The smallest absolute Gasteiger partial charge is 0.255 e. The first kappa shape index (κ1) is 26.1. The van der Waals surface area contributed by atoms with E-state index in [0.29, 0.717) is 25.7 Å². The molecule has 3 amide bonds. The number of benzene rings is 2. The van der Waals surface area contributed by atoms with Crippen molar-refractivity contribution in [1.29, 1.82) is 0 Å². The lowest BCUT2D eigenvalue weighted by molar-refractivity contribution is -0.135. The number of carbonyl (C=O) groups is 3. The third-order valence-electron chi connectivity index (χ3n) is 7.06. The Morgan fingerprint density at radius 1 is 1.11 bits per heavy atom. The van der Waals surface area contributed by atoms with Gasteiger partial charge >= 0.3 is 0 Å². The Bertz CT molecular complexity index is 1300. The predicted octanol–water partition coefficient (Wildman–Crippen LogP) is 3.84. The molecule has 10 heteroatoms. The quantitative estimate of drug-likeness (QED) is 0.481. The number of unbranched alkanes of at least 4 members (excludes halogenated alkanes) is 1. The zero-order valence-corrected chi connectivity index (χ0v) is 21.9. The van der Waals surface area contributed by atoms with E-state index < -0.39 is 11.7 Å². The van der Waals surface area contributed by atoms with Crippen molar-refractivity contribution in [2.24, 2.45) is 0 Å². The Balaban J connectivity index is 1.23. The first-order valence-corrected chi connectivity index (χ1v) is 13.9. The lowest BCUT2D eigenvalue weighted by Crippen LogP contribution is -2.48. The molecule has 0 saturated carbocycles. The van der Waals surface area contributed by atoms with Gasteiger partial charge in [0, 0.05) is 31.5 Å². The molecule has 0 unspecified atom stereocenters. The number of nitrogens with one attached hydrogen (secondary N) is 2. The van der Waals surface area contributed by atoms with E-state index in [4.69, 9.17) is 4.74 Å². The van der Waals surface area contributed by atoms with Crippen molar-refractivity contribution in [3.63, 3.8) is 0 Å². The van der Waals surface area contributed by atoms with E-state index in [1.165, 1.54) is 16.8 Å². The Hall–Kier alpha value is -3.53. The third-order valence-corrected chi connectivity index (χ3v) is 8.16. The molecular weight excluding hydrogens is 507 g/mol. The van der Waals surface area contributed by atoms with Gasteiger partial charge in [0.25, 0.3) is 5.91 Å². The number of ether oxygens (including phenoxy) is 1. The molecule has 2 atom stereocenters. The molecule has 0 aliphatic carbocycles. The maximum absolute atomic E-state index is 13.9. The molecule has 0 radical (unpaired) electrons. The molecule has 1 saturated heterocycles. The van der Waals surface area contributed by atoms with E-state index in [2.05, 4.69) is 21.7 Å². The van der Waals surface area contributed by atoms with Crippen LogP contribution in [-0.4, -0.2) is 59.4 Å². The normalized spacial score (nSPS) is 20.3. The van der Waals surface area contributed by atoms with Crippen molar-refractivity contribution in [1.82, 2.24) is 20.5 Å². The SMILES string of the molecule is O=C1C[C@@H]2CC[C@H](CNC(=O)c3cc(F)ccc3OCCN1)N2C(=O)CCCCc1nc2ccccc2s1. The summed E-state index contributed by atoms with van der Waals surface area (Å²) in [6.07, 6.45) is 4.33. The molecule has 38 heavy (non-hydrogen) atoms.